The number of aliphatic carboxylic acids is 1. The number of sulfone groups is 1. The van der Waals surface area contributed by atoms with Crippen LogP contribution in [0.2, 0.25) is 0 Å². The third-order valence-electron chi connectivity index (χ3n) is 5.84. The van der Waals surface area contributed by atoms with E-state index in [2.05, 4.69) is 5.10 Å². The summed E-state index contributed by atoms with van der Waals surface area (Å²) in [6.07, 6.45) is -5.21. The van der Waals surface area contributed by atoms with Crippen LogP contribution in [0, 0.1) is 6.92 Å². The highest BCUT2D eigenvalue weighted by Gasteiger charge is 2.47. The van der Waals surface area contributed by atoms with Crippen LogP contribution in [0.5, 0.6) is 0 Å². The largest absolute Gasteiger partial charge is 0.480 e. The molecule has 0 radical (unpaired) electrons. The predicted octanol–water partition coefficient (Wildman–Crippen LogP) is 3.76. The summed E-state index contributed by atoms with van der Waals surface area (Å²) in [5.74, 6) is -0.859. The minimum atomic E-state index is -4.86. The first-order chi connectivity index (χ1) is 16.0. The maximum absolute atomic E-state index is 13.5. The fraction of sp³-hybridized carbons (Fsp3) is 0.304. The van der Waals surface area contributed by atoms with Crippen LogP contribution in [0.3, 0.4) is 0 Å². The fourth-order valence-corrected chi connectivity index (χ4v) is 6.18. The van der Waals surface area contributed by atoms with E-state index in [1.165, 1.54) is 11.0 Å². The number of hydrogen-bond acceptors (Lipinski definition) is 5. The summed E-state index contributed by atoms with van der Waals surface area (Å²) in [4.78, 5) is 12.6. The zero-order chi connectivity index (χ0) is 24.7. The van der Waals surface area contributed by atoms with Crippen molar-refractivity contribution in [1.29, 1.82) is 0 Å². The van der Waals surface area contributed by atoms with E-state index in [-0.39, 0.29) is 13.0 Å². The summed E-state index contributed by atoms with van der Waals surface area (Å²) in [6, 6.07) is 13.7. The number of benzene rings is 2. The Morgan fingerprint density at radius 2 is 1.76 bits per heavy atom. The topological polar surface area (TPSA) is 92.5 Å². The van der Waals surface area contributed by atoms with E-state index >= 15 is 0 Å². The molecule has 0 unspecified atom stereocenters. The molecule has 1 aromatic heterocycles. The lowest BCUT2D eigenvalue weighted by Crippen LogP contribution is -2.37. The summed E-state index contributed by atoms with van der Waals surface area (Å²) >= 11 is 0. The molecule has 1 aliphatic heterocycles. The SMILES string of the molecule is Cc1cc(N2C[C@H](S(=O)(=O)c3ccccc3C(F)(F)F)C[C@@H]2C(=O)O)n(Cc2ccccc2)n1. The third kappa shape index (κ3) is 4.52. The molecule has 0 aliphatic carbocycles. The number of aromatic nitrogens is 2. The van der Waals surface area contributed by atoms with Gasteiger partial charge in [0.2, 0.25) is 0 Å². The zero-order valence-electron chi connectivity index (χ0n) is 18.1. The van der Waals surface area contributed by atoms with Crippen LogP contribution in [0.25, 0.3) is 0 Å². The van der Waals surface area contributed by atoms with Gasteiger partial charge in [-0.3, -0.25) is 0 Å². The molecule has 0 bridgehead atoms. The molecule has 1 aliphatic rings. The van der Waals surface area contributed by atoms with Crippen LogP contribution in [0.1, 0.15) is 23.2 Å². The van der Waals surface area contributed by atoms with E-state index in [1.807, 2.05) is 30.3 Å². The van der Waals surface area contributed by atoms with E-state index in [0.717, 1.165) is 17.7 Å². The second-order valence-corrected chi connectivity index (χ2v) is 10.4. The number of halogens is 3. The van der Waals surface area contributed by atoms with Crippen LogP contribution in [-0.2, 0) is 27.4 Å². The number of alkyl halides is 3. The highest BCUT2D eigenvalue weighted by atomic mass is 32.2. The van der Waals surface area contributed by atoms with Gasteiger partial charge in [0.15, 0.2) is 9.84 Å². The van der Waals surface area contributed by atoms with Crippen molar-refractivity contribution in [3.05, 3.63) is 77.5 Å². The van der Waals surface area contributed by atoms with Gasteiger partial charge < -0.3 is 10.0 Å². The van der Waals surface area contributed by atoms with E-state index in [4.69, 9.17) is 0 Å². The predicted molar refractivity (Wildman–Crippen MR) is 118 cm³/mol. The van der Waals surface area contributed by atoms with E-state index in [0.29, 0.717) is 24.1 Å². The Hall–Kier alpha value is -3.34. The molecule has 1 saturated heterocycles. The Bertz CT molecular complexity index is 1310. The second kappa shape index (κ2) is 8.79. The summed E-state index contributed by atoms with van der Waals surface area (Å²) < 4.78 is 68.6. The molecule has 0 amide bonds. The minimum Gasteiger partial charge on any atom is -0.480 e. The number of carboxylic acid groups (broad SMARTS) is 1. The van der Waals surface area contributed by atoms with Crippen molar-refractivity contribution in [1.82, 2.24) is 9.78 Å². The molecule has 1 fully saturated rings. The Morgan fingerprint density at radius 1 is 1.12 bits per heavy atom. The second-order valence-electron chi connectivity index (χ2n) is 8.19. The van der Waals surface area contributed by atoms with Gasteiger partial charge in [-0.25, -0.2) is 17.9 Å². The lowest BCUT2D eigenvalue weighted by atomic mass is 10.2. The lowest BCUT2D eigenvalue weighted by Gasteiger charge is -2.24. The van der Waals surface area contributed by atoms with Gasteiger partial charge in [-0.05, 0) is 31.0 Å². The number of rotatable bonds is 6. The van der Waals surface area contributed by atoms with Crippen LogP contribution in [-0.4, -0.2) is 47.1 Å². The van der Waals surface area contributed by atoms with Crippen LogP contribution >= 0.6 is 0 Å². The Kier molecular flexibility index (Phi) is 6.15. The normalized spacial score (nSPS) is 18.9. The van der Waals surface area contributed by atoms with Crippen molar-refractivity contribution in [3.8, 4) is 0 Å². The molecule has 3 aromatic rings. The van der Waals surface area contributed by atoms with Gasteiger partial charge in [-0.1, -0.05) is 42.5 Å². The molecule has 180 valence electrons. The minimum absolute atomic E-state index is 0.272. The number of carboxylic acids is 1. The monoisotopic (exact) mass is 493 g/mol. The smallest absolute Gasteiger partial charge is 0.417 e. The number of anilines is 1. The molecule has 2 heterocycles. The number of hydrogen-bond donors (Lipinski definition) is 1. The van der Waals surface area contributed by atoms with Gasteiger partial charge in [0.25, 0.3) is 0 Å². The molecule has 34 heavy (non-hydrogen) atoms. The van der Waals surface area contributed by atoms with E-state index in [9.17, 15) is 31.5 Å². The Labute approximate surface area is 194 Å². The standard InChI is InChI=1S/C23H22F3N3O4S/c1-15-11-21(29(27-15)13-16-7-3-2-4-8-16)28-14-17(12-19(28)22(30)31)34(32,33)20-10-6-5-9-18(20)23(24,25)26/h2-11,17,19H,12-14H2,1H3,(H,30,31)/t17-,19-/m1/s1. The highest BCUT2D eigenvalue weighted by Crippen LogP contribution is 2.38. The van der Waals surface area contributed by atoms with Crippen LogP contribution < -0.4 is 4.90 Å². The van der Waals surface area contributed by atoms with Gasteiger partial charge in [0.05, 0.1) is 27.9 Å². The first kappa shape index (κ1) is 23.8. The number of carbonyl (C=O) groups is 1. The number of nitrogens with zero attached hydrogens (tertiary/aromatic N) is 3. The molecular weight excluding hydrogens is 471 g/mol. The van der Waals surface area contributed by atoms with Crippen LogP contribution in [0.15, 0.2) is 65.6 Å². The quantitative estimate of drug-likeness (QED) is 0.562. The maximum atomic E-state index is 13.5. The highest BCUT2D eigenvalue weighted by molar-refractivity contribution is 7.92. The Morgan fingerprint density at radius 3 is 2.41 bits per heavy atom. The summed E-state index contributed by atoms with van der Waals surface area (Å²) in [5, 5.41) is 12.9. The van der Waals surface area contributed by atoms with Crippen LogP contribution in [0.4, 0.5) is 19.0 Å². The van der Waals surface area contributed by atoms with Crippen molar-refractivity contribution in [3.63, 3.8) is 0 Å². The molecule has 2 aromatic carbocycles. The molecule has 4 rings (SSSR count). The summed E-state index contributed by atoms with van der Waals surface area (Å²) in [6.45, 7) is 1.78. The molecule has 7 nitrogen and oxygen atoms in total. The molecule has 11 heteroatoms. The van der Waals surface area contributed by atoms with Crippen molar-refractivity contribution < 1.29 is 31.5 Å². The van der Waals surface area contributed by atoms with Gasteiger partial charge in [0.1, 0.15) is 11.9 Å². The van der Waals surface area contributed by atoms with E-state index < -0.39 is 43.7 Å². The van der Waals surface area contributed by atoms with Crippen molar-refractivity contribution in [2.75, 3.05) is 11.4 Å². The van der Waals surface area contributed by atoms with Gasteiger partial charge in [-0.15, -0.1) is 0 Å². The summed E-state index contributed by atoms with van der Waals surface area (Å²) in [5.41, 5.74) is 0.246. The van der Waals surface area contributed by atoms with Crippen molar-refractivity contribution in [2.45, 2.75) is 42.3 Å². The first-order valence-electron chi connectivity index (χ1n) is 10.5. The maximum Gasteiger partial charge on any atom is 0.417 e. The molecule has 0 spiro atoms. The average Bonchev–Trinajstić information content (AvgIpc) is 3.38. The van der Waals surface area contributed by atoms with Crippen molar-refractivity contribution >= 4 is 21.6 Å². The van der Waals surface area contributed by atoms with E-state index in [1.54, 1.807) is 17.7 Å². The van der Waals surface area contributed by atoms with Gasteiger partial charge in [-0.2, -0.15) is 18.3 Å². The lowest BCUT2D eigenvalue weighted by molar-refractivity contribution is -0.140. The molecule has 1 N–H and O–H groups in total. The zero-order valence-corrected chi connectivity index (χ0v) is 18.9. The Balaban J connectivity index is 1.71. The number of aryl methyl sites for hydroxylation is 1. The van der Waals surface area contributed by atoms with Gasteiger partial charge in [0, 0.05) is 12.6 Å². The molecular formula is C23H22F3N3O4S. The van der Waals surface area contributed by atoms with Crippen molar-refractivity contribution in [2.24, 2.45) is 0 Å². The molecule has 0 saturated carbocycles. The summed E-state index contributed by atoms with van der Waals surface area (Å²) in [7, 11) is -4.48. The fourth-order valence-electron chi connectivity index (χ4n) is 4.27. The molecule has 2 atom stereocenters. The third-order valence-corrected chi connectivity index (χ3v) is 8.02. The first-order valence-corrected chi connectivity index (χ1v) is 12.0. The average molecular weight is 494 g/mol. The van der Waals surface area contributed by atoms with Gasteiger partial charge >= 0.3 is 12.1 Å².